The van der Waals surface area contributed by atoms with Crippen LogP contribution in [0, 0.1) is 24.0 Å². The summed E-state index contributed by atoms with van der Waals surface area (Å²) < 4.78 is 27.2. The maximum absolute atomic E-state index is 12.4. The summed E-state index contributed by atoms with van der Waals surface area (Å²) in [5, 5.41) is 23.2. The summed E-state index contributed by atoms with van der Waals surface area (Å²) >= 11 is 0. The average molecular weight is 421 g/mol. The molecule has 1 amide bonds. The fraction of sp³-hybridized carbons (Fsp3) is 0.316. The summed E-state index contributed by atoms with van der Waals surface area (Å²) in [5.41, 5.74) is 1.75. The molecule has 0 unspecified atom stereocenters. The van der Waals surface area contributed by atoms with Gasteiger partial charge in [0.05, 0.1) is 15.9 Å². The number of aryl methyl sites for hydroxylation is 2. The molecule has 3 N–H and O–H groups in total. The third-order valence-electron chi connectivity index (χ3n) is 4.26. The minimum absolute atomic E-state index is 0.0881. The topological polar surface area (TPSA) is 139 Å². The first-order chi connectivity index (χ1) is 13.6. The van der Waals surface area contributed by atoms with Gasteiger partial charge in [-0.25, -0.2) is 13.1 Å². The van der Waals surface area contributed by atoms with E-state index in [1.165, 1.54) is 24.3 Å². The van der Waals surface area contributed by atoms with E-state index >= 15 is 0 Å². The summed E-state index contributed by atoms with van der Waals surface area (Å²) in [7, 11) is -3.73. The van der Waals surface area contributed by atoms with Crippen LogP contribution in [0.25, 0.3) is 0 Å². The van der Waals surface area contributed by atoms with Crippen molar-refractivity contribution in [3.8, 4) is 0 Å². The lowest BCUT2D eigenvalue weighted by Gasteiger charge is -2.13. The van der Waals surface area contributed by atoms with Crippen molar-refractivity contribution in [3.05, 3.63) is 69.3 Å². The van der Waals surface area contributed by atoms with Crippen LogP contribution in [0.4, 0.5) is 5.69 Å². The van der Waals surface area contributed by atoms with Crippen LogP contribution in [0.3, 0.4) is 0 Å². The number of hydrogen-bond acceptors (Lipinski definition) is 6. The van der Waals surface area contributed by atoms with Crippen LogP contribution in [0.1, 0.15) is 29.2 Å². The molecule has 0 saturated heterocycles. The number of carbonyl (C=O) groups excluding carboxylic acids is 1. The predicted octanol–water partition coefficient (Wildman–Crippen LogP) is 1.73. The fourth-order valence-electron chi connectivity index (χ4n) is 2.61. The molecule has 0 aliphatic rings. The average Bonchev–Trinajstić information content (AvgIpc) is 2.67. The molecule has 0 fully saturated rings. The van der Waals surface area contributed by atoms with E-state index in [1.54, 1.807) is 26.0 Å². The molecule has 0 spiro atoms. The van der Waals surface area contributed by atoms with Crippen molar-refractivity contribution in [2.75, 3.05) is 13.1 Å². The molecule has 0 radical (unpaired) electrons. The Bertz CT molecular complexity index is 990. The number of nitrogens with one attached hydrogen (secondary N) is 2. The summed E-state index contributed by atoms with van der Waals surface area (Å²) in [5.74, 6) is -0.436. The molecule has 10 heteroatoms. The van der Waals surface area contributed by atoms with Crippen molar-refractivity contribution >= 4 is 21.6 Å². The van der Waals surface area contributed by atoms with Gasteiger partial charge in [-0.3, -0.25) is 14.9 Å². The molecule has 0 aliphatic carbocycles. The first-order valence-corrected chi connectivity index (χ1v) is 10.3. The number of benzene rings is 2. The highest BCUT2D eigenvalue weighted by Gasteiger charge is 2.17. The number of nitro benzene ring substituents is 1. The van der Waals surface area contributed by atoms with Crippen molar-refractivity contribution in [2.45, 2.75) is 31.3 Å². The quantitative estimate of drug-likeness (QED) is 0.416. The standard InChI is InChI=1S/C19H23N3O6S/c1-13-3-4-14(2)18(11-13)29(27,28)21-10-9-19(24)20-12-17(23)15-5-7-16(8-6-15)22(25)26/h3-8,11,17,21,23H,9-10,12H2,1-2H3,(H,20,24)/t17-/m1/s1. The highest BCUT2D eigenvalue weighted by Crippen LogP contribution is 2.18. The number of non-ortho nitro benzene ring substituents is 1. The SMILES string of the molecule is Cc1ccc(C)c(S(=O)(=O)NCCC(=O)NC[C@@H](O)c2ccc([N+](=O)[O-])cc2)c1. The number of rotatable bonds is 9. The minimum atomic E-state index is -3.73. The van der Waals surface area contributed by atoms with E-state index in [4.69, 9.17) is 0 Å². The van der Waals surface area contributed by atoms with Gasteiger partial charge in [0.25, 0.3) is 5.69 Å². The molecule has 0 heterocycles. The number of nitro groups is 1. The molecular weight excluding hydrogens is 398 g/mol. The molecule has 0 bridgehead atoms. The summed E-state index contributed by atoms with van der Waals surface area (Å²) in [6.07, 6.45) is -1.14. The van der Waals surface area contributed by atoms with Crippen LogP contribution in [-0.2, 0) is 14.8 Å². The third-order valence-corrected chi connectivity index (χ3v) is 5.86. The van der Waals surface area contributed by atoms with E-state index < -0.39 is 27.0 Å². The molecule has 2 rings (SSSR count). The highest BCUT2D eigenvalue weighted by molar-refractivity contribution is 7.89. The molecule has 0 aromatic heterocycles. The number of hydrogen-bond donors (Lipinski definition) is 3. The molecule has 0 saturated carbocycles. The number of nitrogens with zero attached hydrogens (tertiary/aromatic N) is 1. The van der Waals surface area contributed by atoms with Crippen LogP contribution in [0.2, 0.25) is 0 Å². The summed E-state index contributed by atoms with van der Waals surface area (Å²) in [6.45, 7) is 3.30. The number of aliphatic hydroxyl groups is 1. The van der Waals surface area contributed by atoms with Crippen molar-refractivity contribution < 1.29 is 23.2 Å². The summed E-state index contributed by atoms with van der Waals surface area (Å²) in [6, 6.07) is 10.5. The number of aliphatic hydroxyl groups excluding tert-OH is 1. The Kier molecular flexibility index (Phi) is 7.43. The predicted molar refractivity (Wildman–Crippen MR) is 107 cm³/mol. The lowest BCUT2D eigenvalue weighted by Crippen LogP contribution is -2.33. The van der Waals surface area contributed by atoms with Gasteiger partial charge >= 0.3 is 0 Å². The normalized spacial score (nSPS) is 12.4. The zero-order valence-corrected chi connectivity index (χ0v) is 16.9. The van der Waals surface area contributed by atoms with Crippen molar-refractivity contribution in [3.63, 3.8) is 0 Å². The van der Waals surface area contributed by atoms with E-state index in [9.17, 15) is 28.4 Å². The highest BCUT2D eigenvalue weighted by atomic mass is 32.2. The molecule has 2 aromatic rings. The van der Waals surface area contributed by atoms with Gasteiger partial charge in [-0.2, -0.15) is 0 Å². The zero-order chi connectivity index (χ0) is 21.6. The second-order valence-electron chi connectivity index (χ2n) is 6.59. The summed E-state index contributed by atoms with van der Waals surface area (Å²) in [4.78, 5) is 22.2. The van der Waals surface area contributed by atoms with Gasteiger partial charge < -0.3 is 10.4 Å². The lowest BCUT2D eigenvalue weighted by molar-refractivity contribution is -0.384. The molecule has 9 nitrogen and oxygen atoms in total. The van der Waals surface area contributed by atoms with E-state index in [2.05, 4.69) is 10.0 Å². The molecule has 156 valence electrons. The van der Waals surface area contributed by atoms with Gasteiger partial charge in [-0.15, -0.1) is 0 Å². The maximum atomic E-state index is 12.4. The van der Waals surface area contributed by atoms with Gasteiger partial charge in [0.1, 0.15) is 0 Å². The van der Waals surface area contributed by atoms with Crippen molar-refractivity contribution in [1.82, 2.24) is 10.0 Å². The van der Waals surface area contributed by atoms with Crippen LogP contribution >= 0.6 is 0 Å². The molecular formula is C19H23N3O6S. The molecule has 1 atom stereocenters. The first kappa shape index (κ1) is 22.5. The second-order valence-corrected chi connectivity index (χ2v) is 8.32. The van der Waals surface area contributed by atoms with E-state index in [0.717, 1.165) is 5.56 Å². The molecule has 0 aliphatic heterocycles. The zero-order valence-electron chi connectivity index (χ0n) is 16.1. The fourth-order valence-corrected chi connectivity index (χ4v) is 3.97. The Hall–Kier alpha value is -2.82. The van der Waals surface area contributed by atoms with Gasteiger partial charge in [0.15, 0.2) is 0 Å². The van der Waals surface area contributed by atoms with E-state index in [1.807, 2.05) is 6.07 Å². The Morgan fingerprint density at radius 1 is 1.17 bits per heavy atom. The van der Waals surface area contributed by atoms with Crippen LogP contribution < -0.4 is 10.0 Å². The lowest BCUT2D eigenvalue weighted by atomic mass is 10.1. The third kappa shape index (κ3) is 6.34. The van der Waals surface area contributed by atoms with Gasteiger partial charge in [-0.05, 0) is 48.7 Å². The Morgan fingerprint density at radius 3 is 2.45 bits per heavy atom. The largest absolute Gasteiger partial charge is 0.387 e. The van der Waals surface area contributed by atoms with Crippen LogP contribution in [0.5, 0.6) is 0 Å². The van der Waals surface area contributed by atoms with E-state index in [-0.39, 0.29) is 30.1 Å². The van der Waals surface area contributed by atoms with Crippen LogP contribution in [0.15, 0.2) is 47.4 Å². The van der Waals surface area contributed by atoms with Gasteiger partial charge in [0, 0.05) is 31.6 Å². The molecule has 29 heavy (non-hydrogen) atoms. The maximum Gasteiger partial charge on any atom is 0.269 e. The number of carbonyl (C=O) groups is 1. The van der Waals surface area contributed by atoms with E-state index in [0.29, 0.717) is 11.1 Å². The van der Waals surface area contributed by atoms with Gasteiger partial charge in [-0.1, -0.05) is 12.1 Å². The Labute approximate surface area is 169 Å². The molecule has 2 aromatic carbocycles. The first-order valence-electron chi connectivity index (χ1n) is 8.86. The van der Waals surface area contributed by atoms with Gasteiger partial charge in [0.2, 0.25) is 15.9 Å². The Balaban J connectivity index is 1.82. The Morgan fingerprint density at radius 2 is 1.83 bits per heavy atom. The van der Waals surface area contributed by atoms with Crippen molar-refractivity contribution in [2.24, 2.45) is 0 Å². The minimum Gasteiger partial charge on any atom is -0.387 e. The smallest absolute Gasteiger partial charge is 0.269 e. The monoisotopic (exact) mass is 421 g/mol. The second kappa shape index (κ2) is 9.59. The number of amides is 1. The van der Waals surface area contributed by atoms with Crippen LogP contribution in [-0.4, -0.2) is 37.4 Å². The van der Waals surface area contributed by atoms with Crippen molar-refractivity contribution in [1.29, 1.82) is 0 Å². The number of sulfonamides is 1.